The second-order valence-electron chi connectivity index (χ2n) is 2.24. The largest absolute Gasteiger partial charge is 0.500 e. The van der Waals surface area contributed by atoms with E-state index in [1.54, 1.807) is 12.1 Å². The van der Waals surface area contributed by atoms with Crippen molar-refractivity contribution in [1.82, 2.24) is 5.01 Å². The first-order chi connectivity index (χ1) is 4.63. The summed E-state index contributed by atoms with van der Waals surface area (Å²) < 4.78 is 5.06. The number of methoxy groups -OCH3 is 1. The van der Waals surface area contributed by atoms with E-state index in [4.69, 9.17) is 10.6 Å². The van der Waals surface area contributed by atoms with Crippen LogP contribution in [0.5, 0.6) is 0 Å². The van der Waals surface area contributed by atoms with Gasteiger partial charge >= 0.3 is 0 Å². The Kier molecular flexibility index (Phi) is 4.07. The molecule has 0 fully saturated rings. The summed E-state index contributed by atoms with van der Waals surface area (Å²) in [7, 11) is 3.46. The SMILES string of the molecule is C/C=C(/OC)C(C)N(C)N. The fraction of sp³-hybridized carbons (Fsp3) is 0.714. The van der Waals surface area contributed by atoms with Gasteiger partial charge in [-0.05, 0) is 19.9 Å². The molecular formula is C7H16N2O. The zero-order valence-electron chi connectivity index (χ0n) is 7.09. The van der Waals surface area contributed by atoms with E-state index < -0.39 is 0 Å². The van der Waals surface area contributed by atoms with Crippen LogP contribution in [0.2, 0.25) is 0 Å². The molecule has 0 aromatic carbocycles. The number of rotatable bonds is 3. The van der Waals surface area contributed by atoms with Crippen molar-refractivity contribution < 1.29 is 4.74 Å². The summed E-state index contributed by atoms with van der Waals surface area (Å²) in [6.45, 7) is 3.91. The number of ether oxygens (including phenoxy) is 1. The molecule has 0 aliphatic carbocycles. The third kappa shape index (κ3) is 2.37. The highest BCUT2D eigenvalue weighted by molar-refractivity contribution is 4.98. The molecule has 0 aromatic rings. The molecule has 1 unspecified atom stereocenters. The summed E-state index contributed by atoms with van der Waals surface area (Å²) in [6, 6.07) is 0.148. The molecule has 3 nitrogen and oxygen atoms in total. The third-order valence-electron chi connectivity index (χ3n) is 1.54. The lowest BCUT2D eigenvalue weighted by Crippen LogP contribution is -2.36. The van der Waals surface area contributed by atoms with Gasteiger partial charge in [0.05, 0.1) is 13.2 Å². The summed E-state index contributed by atoms with van der Waals surface area (Å²) >= 11 is 0. The molecule has 0 saturated heterocycles. The minimum absolute atomic E-state index is 0.148. The second kappa shape index (κ2) is 4.30. The highest BCUT2D eigenvalue weighted by Crippen LogP contribution is 2.05. The maximum absolute atomic E-state index is 5.50. The Hall–Kier alpha value is -0.540. The van der Waals surface area contributed by atoms with Gasteiger partial charge in [0.25, 0.3) is 0 Å². The van der Waals surface area contributed by atoms with Crippen LogP contribution < -0.4 is 5.84 Å². The highest BCUT2D eigenvalue weighted by Gasteiger charge is 2.09. The molecule has 0 aliphatic rings. The van der Waals surface area contributed by atoms with Crippen LogP contribution in [0.25, 0.3) is 0 Å². The van der Waals surface area contributed by atoms with E-state index in [9.17, 15) is 0 Å². The van der Waals surface area contributed by atoms with E-state index in [1.165, 1.54) is 0 Å². The van der Waals surface area contributed by atoms with E-state index >= 15 is 0 Å². The molecule has 0 aliphatic heterocycles. The molecule has 10 heavy (non-hydrogen) atoms. The topological polar surface area (TPSA) is 38.5 Å². The van der Waals surface area contributed by atoms with Gasteiger partial charge in [-0.3, -0.25) is 5.84 Å². The van der Waals surface area contributed by atoms with Crippen LogP contribution in [0.3, 0.4) is 0 Å². The van der Waals surface area contributed by atoms with E-state index in [2.05, 4.69) is 0 Å². The quantitative estimate of drug-likeness (QED) is 0.360. The van der Waals surface area contributed by atoms with Crippen molar-refractivity contribution in [2.24, 2.45) is 5.84 Å². The van der Waals surface area contributed by atoms with Gasteiger partial charge in [0, 0.05) is 7.05 Å². The molecule has 0 spiro atoms. The Morgan fingerprint density at radius 1 is 1.70 bits per heavy atom. The number of hydrogen-bond acceptors (Lipinski definition) is 3. The van der Waals surface area contributed by atoms with Gasteiger partial charge in [-0.1, -0.05) is 0 Å². The molecule has 3 heteroatoms. The zero-order chi connectivity index (χ0) is 8.15. The van der Waals surface area contributed by atoms with Crippen molar-refractivity contribution in [3.63, 3.8) is 0 Å². The van der Waals surface area contributed by atoms with Crippen molar-refractivity contribution in [2.75, 3.05) is 14.2 Å². The number of allylic oxidation sites excluding steroid dienone is 1. The van der Waals surface area contributed by atoms with Crippen molar-refractivity contribution in [2.45, 2.75) is 19.9 Å². The van der Waals surface area contributed by atoms with Gasteiger partial charge in [0.2, 0.25) is 0 Å². The van der Waals surface area contributed by atoms with E-state index in [0.29, 0.717) is 0 Å². The van der Waals surface area contributed by atoms with Crippen LogP contribution >= 0.6 is 0 Å². The number of likely N-dealkylation sites (N-methyl/N-ethyl adjacent to an activating group) is 1. The number of hydrogen-bond donors (Lipinski definition) is 1. The minimum atomic E-state index is 0.148. The van der Waals surface area contributed by atoms with E-state index in [-0.39, 0.29) is 6.04 Å². The fourth-order valence-electron chi connectivity index (χ4n) is 0.730. The average molecular weight is 144 g/mol. The Bertz CT molecular complexity index is 121. The van der Waals surface area contributed by atoms with Crippen molar-refractivity contribution in [1.29, 1.82) is 0 Å². The van der Waals surface area contributed by atoms with Gasteiger partial charge in [-0.25, -0.2) is 5.01 Å². The Morgan fingerprint density at radius 2 is 2.20 bits per heavy atom. The van der Waals surface area contributed by atoms with Crippen LogP contribution in [0, 0.1) is 0 Å². The first kappa shape index (κ1) is 9.46. The monoisotopic (exact) mass is 144 g/mol. The lowest BCUT2D eigenvalue weighted by molar-refractivity contribution is 0.186. The number of hydrazine groups is 1. The Balaban J connectivity index is 4.03. The number of nitrogens with zero attached hydrogens (tertiary/aromatic N) is 1. The third-order valence-corrected chi connectivity index (χ3v) is 1.54. The van der Waals surface area contributed by atoms with Gasteiger partial charge in [-0.2, -0.15) is 0 Å². The molecule has 2 N–H and O–H groups in total. The predicted octanol–water partition coefficient (Wildman–Crippen LogP) is 0.731. The van der Waals surface area contributed by atoms with Gasteiger partial charge < -0.3 is 4.74 Å². The van der Waals surface area contributed by atoms with Crippen LogP contribution in [0.15, 0.2) is 11.8 Å². The standard InChI is InChI=1S/C7H16N2O/c1-5-7(10-4)6(2)9(3)8/h5-6H,8H2,1-4H3/b7-5+. The maximum atomic E-state index is 5.50. The van der Waals surface area contributed by atoms with Crippen LogP contribution in [-0.4, -0.2) is 25.2 Å². The molecule has 0 bridgehead atoms. The zero-order valence-corrected chi connectivity index (χ0v) is 7.09. The molecule has 0 amide bonds. The normalized spacial score (nSPS) is 15.6. The lowest BCUT2D eigenvalue weighted by atomic mass is 10.2. The highest BCUT2D eigenvalue weighted by atomic mass is 16.5. The molecule has 60 valence electrons. The van der Waals surface area contributed by atoms with Crippen LogP contribution in [-0.2, 0) is 4.74 Å². The van der Waals surface area contributed by atoms with Crippen LogP contribution in [0.4, 0.5) is 0 Å². The Labute approximate surface area is 62.4 Å². The van der Waals surface area contributed by atoms with Crippen LogP contribution in [0.1, 0.15) is 13.8 Å². The van der Waals surface area contributed by atoms with Crippen molar-refractivity contribution in [3.05, 3.63) is 11.8 Å². The number of nitrogens with two attached hydrogens (primary N) is 1. The first-order valence-corrected chi connectivity index (χ1v) is 3.31. The predicted molar refractivity (Wildman–Crippen MR) is 42.2 cm³/mol. The molecule has 1 atom stereocenters. The van der Waals surface area contributed by atoms with Gasteiger partial charge in [0.15, 0.2) is 0 Å². The van der Waals surface area contributed by atoms with Crippen molar-refractivity contribution in [3.8, 4) is 0 Å². The van der Waals surface area contributed by atoms with E-state index in [1.807, 2.05) is 27.0 Å². The molecular weight excluding hydrogens is 128 g/mol. The lowest BCUT2D eigenvalue weighted by Gasteiger charge is -2.20. The summed E-state index contributed by atoms with van der Waals surface area (Å²) in [6.07, 6.45) is 1.91. The smallest absolute Gasteiger partial charge is 0.109 e. The van der Waals surface area contributed by atoms with Gasteiger partial charge in [-0.15, -0.1) is 0 Å². The second-order valence-corrected chi connectivity index (χ2v) is 2.24. The summed E-state index contributed by atoms with van der Waals surface area (Å²) in [5.41, 5.74) is 0. The van der Waals surface area contributed by atoms with Gasteiger partial charge in [0.1, 0.15) is 5.76 Å². The summed E-state index contributed by atoms with van der Waals surface area (Å²) in [4.78, 5) is 0. The summed E-state index contributed by atoms with van der Waals surface area (Å²) in [5, 5.41) is 1.61. The Morgan fingerprint density at radius 3 is 2.30 bits per heavy atom. The maximum Gasteiger partial charge on any atom is 0.109 e. The molecule has 0 heterocycles. The van der Waals surface area contributed by atoms with E-state index in [0.717, 1.165) is 5.76 Å². The first-order valence-electron chi connectivity index (χ1n) is 3.31. The summed E-state index contributed by atoms with van der Waals surface area (Å²) in [5.74, 6) is 6.39. The minimum Gasteiger partial charge on any atom is -0.500 e. The molecule has 0 radical (unpaired) electrons. The van der Waals surface area contributed by atoms with Crippen molar-refractivity contribution >= 4 is 0 Å². The molecule has 0 saturated carbocycles. The molecule has 0 rings (SSSR count). The molecule has 0 aromatic heterocycles. The average Bonchev–Trinajstić information content (AvgIpc) is 1.90. The fourth-order valence-corrected chi connectivity index (χ4v) is 0.730.